The van der Waals surface area contributed by atoms with Crippen molar-refractivity contribution in [2.24, 2.45) is 0 Å². The third-order valence-corrected chi connectivity index (χ3v) is 5.40. The van der Waals surface area contributed by atoms with Crippen LogP contribution >= 0.6 is 0 Å². The van der Waals surface area contributed by atoms with Crippen LogP contribution in [0.2, 0.25) is 0 Å². The summed E-state index contributed by atoms with van der Waals surface area (Å²) in [5.41, 5.74) is 3.02. The van der Waals surface area contributed by atoms with E-state index in [2.05, 4.69) is 0 Å². The molecule has 1 amide bonds. The number of carbonyl (C=O) groups excluding carboxylic acids is 1. The molecule has 1 aliphatic rings. The van der Waals surface area contributed by atoms with Crippen molar-refractivity contribution in [1.29, 1.82) is 0 Å². The molecule has 1 heterocycles. The van der Waals surface area contributed by atoms with E-state index in [0.29, 0.717) is 6.42 Å². The fourth-order valence-electron chi connectivity index (χ4n) is 2.56. The normalized spacial score (nSPS) is 19.3. The molecular weight excluding hydrogens is 298 g/mol. The highest BCUT2D eigenvalue weighted by atomic mass is 32.2. The zero-order valence-corrected chi connectivity index (χ0v) is 14.2. The second kappa shape index (κ2) is 6.65. The molecule has 2 rings (SSSR count). The zero-order chi connectivity index (χ0) is 16.3. The first kappa shape index (κ1) is 16.7. The Kier molecular flexibility index (Phi) is 5.06. The molecule has 0 N–H and O–H groups in total. The standard InChI is InChI=1S/C17H23NO3S/c1-4-5-6-17(19)18(16-9-10-22(20,21)12-16)15-8-7-13(2)14(3)11-15/h7-11,16H,4-6,12H2,1-3H3/t16-/m1/s1. The van der Waals surface area contributed by atoms with Gasteiger partial charge in [-0.3, -0.25) is 4.79 Å². The number of hydrogen-bond donors (Lipinski definition) is 0. The monoisotopic (exact) mass is 321 g/mol. The number of hydrogen-bond acceptors (Lipinski definition) is 3. The molecule has 0 aliphatic carbocycles. The third-order valence-electron chi connectivity index (χ3n) is 4.02. The van der Waals surface area contributed by atoms with Gasteiger partial charge in [0.15, 0.2) is 9.84 Å². The Morgan fingerprint density at radius 3 is 2.55 bits per heavy atom. The van der Waals surface area contributed by atoms with Crippen molar-refractivity contribution < 1.29 is 13.2 Å². The van der Waals surface area contributed by atoms with Crippen molar-refractivity contribution >= 4 is 21.4 Å². The Hall–Kier alpha value is -1.62. The first-order valence-corrected chi connectivity index (χ1v) is 9.36. The van der Waals surface area contributed by atoms with Gasteiger partial charge in [0.1, 0.15) is 0 Å². The number of carbonyl (C=O) groups is 1. The molecule has 0 aromatic heterocycles. The Labute approximate surface area is 132 Å². The van der Waals surface area contributed by atoms with Gasteiger partial charge in [0.2, 0.25) is 5.91 Å². The molecule has 0 saturated carbocycles. The average Bonchev–Trinajstić information content (AvgIpc) is 2.80. The quantitative estimate of drug-likeness (QED) is 0.837. The highest BCUT2D eigenvalue weighted by Crippen LogP contribution is 2.26. The van der Waals surface area contributed by atoms with Gasteiger partial charge in [0.05, 0.1) is 11.8 Å². The minimum atomic E-state index is -3.20. The molecule has 0 saturated heterocycles. The van der Waals surface area contributed by atoms with E-state index >= 15 is 0 Å². The maximum atomic E-state index is 12.6. The van der Waals surface area contributed by atoms with Gasteiger partial charge >= 0.3 is 0 Å². The van der Waals surface area contributed by atoms with Gasteiger partial charge in [-0.1, -0.05) is 19.4 Å². The Bertz CT molecular complexity index is 692. The summed E-state index contributed by atoms with van der Waals surface area (Å²) in [5.74, 6) is -0.0468. The summed E-state index contributed by atoms with van der Waals surface area (Å²) >= 11 is 0. The van der Waals surface area contributed by atoms with Gasteiger partial charge < -0.3 is 4.90 Å². The summed E-state index contributed by atoms with van der Waals surface area (Å²) in [7, 11) is -3.20. The maximum Gasteiger partial charge on any atom is 0.227 e. The van der Waals surface area contributed by atoms with Crippen molar-refractivity contribution in [2.75, 3.05) is 10.7 Å². The lowest BCUT2D eigenvalue weighted by Gasteiger charge is -2.28. The number of sulfone groups is 1. The first-order valence-electron chi connectivity index (χ1n) is 7.64. The number of amides is 1. The highest BCUT2D eigenvalue weighted by Gasteiger charge is 2.31. The van der Waals surface area contributed by atoms with Crippen molar-refractivity contribution in [3.05, 3.63) is 40.8 Å². The second-order valence-corrected chi connectivity index (χ2v) is 7.79. The van der Waals surface area contributed by atoms with E-state index in [9.17, 15) is 13.2 Å². The Balaban J connectivity index is 2.35. The summed E-state index contributed by atoms with van der Waals surface area (Å²) < 4.78 is 23.4. The summed E-state index contributed by atoms with van der Waals surface area (Å²) in [4.78, 5) is 14.2. The van der Waals surface area contributed by atoms with E-state index in [0.717, 1.165) is 29.7 Å². The Morgan fingerprint density at radius 1 is 1.27 bits per heavy atom. The fourth-order valence-corrected chi connectivity index (χ4v) is 3.83. The first-order chi connectivity index (χ1) is 10.3. The van der Waals surface area contributed by atoms with Gasteiger partial charge in [-0.05, 0) is 49.6 Å². The average molecular weight is 321 g/mol. The van der Waals surface area contributed by atoms with Crippen LogP contribution in [0, 0.1) is 13.8 Å². The number of anilines is 1. The van der Waals surface area contributed by atoms with E-state index in [1.807, 2.05) is 39.0 Å². The van der Waals surface area contributed by atoms with Crippen molar-refractivity contribution in [3.63, 3.8) is 0 Å². The van der Waals surface area contributed by atoms with Crippen molar-refractivity contribution in [2.45, 2.75) is 46.1 Å². The summed E-state index contributed by atoms with van der Waals surface area (Å²) in [6, 6.07) is 5.41. The minimum absolute atomic E-state index is 0.0168. The van der Waals surface area contributed by atoms with E-state index in [1.54, 1.807) is 11.0 Å². The molecule has 0 radical (unpaired) electrons. The smallest absolute Gasteiger partial charge is 0.227 e. The number of rotatable bonds is 5. The molecule has 5 heteroatoms. The molecule has 1 atom stereocenters. The molecule has 120 valence electrons. The lowest BCUT2D eigenvalue weighted by molar-refractivity contribution is -0.118. The lowest BCUT2D eigenvalue weighted by Crippen LogP contribution is -2.41. The molecule has 22 heavy (non-hydrogen) atoms. The minimum Gasteiger partial charge on any atom is -0.304 e. The number of unbranched alkanes of at least 4 members (excludes halogenated alkanes) is 1. The topological polar surface area (TPSA) is 54.5 Å². The van der Waals surface area contributed by atoms with Crippen LogP contribution in [0.3, 0.4) is 0 Å². The van der Waals surface area contributed by atoms with Crippen LogP contribution in [0.1, 0.15) is 37.3 Å². The van der Waals surface area contributed by atoms with Gasteiger partial charge in [0.25, 0.3) is 0 Å². The third kappa shape index (κ3) is 3.77. The lowest BCUT2D eigenvalue weighted by atomic mass is 10.1. The van der Waals surface area contributed by atoms with Crippen LogP contribution < -0.4 is 4.90 Å². The van der Waals surface area contributed by atoms with Crippen LogP contribution in [0.4, 0.5) is 5.69 Å². The molecule has 1 aromatic rings. The van der Waals surface area contributed by atoms with Gasteiger partial charge in [-0.15, -0.1) is 0 Å². The van der Waals surface area contributed by atoms with Gasteiger partial charge in [-0.2, -0.15) is 0 Å². The van der Waals surface area contributed by atoms with Crippen molar-refractivity contribution in [3.8, 4) is 0 Å². The maximum absolute atomic E-state index is 12.6. The zero-order valence-electron chi connectivity index (χ0n) is 13.4. The largest absolute Gasteiger partial charge is 0.304 e. The predicted octanol–water partition coefficient (Wildman–Crippen LogP) is 3.14. The van der Waals surface area contributed by atoms with E-state index in [1.165, 1.54) is 5.41 Å². The highest BCUT2D eigenvalue weighted by molar-refractivity contribution is 7.94. The van der Waals surface area contributed by atoms with E-state index in [4.69, 9.17) is 0 Å². The number of aryl methyl sites for hydroxylation is 2. The van der Waals surface area contributed by atoms with Crippen LogP contribution in [0.15, 0.2) is 29.7 Å². The fraction of sp³-hybridized carbons (Fsp3) is 0.471. The molecule has 0 bridgehead atoms. The molecule has 0 spiro atoms. The van der Waals surface area contributed by atoms with Crippen LogP contribution in [-0.4, -0.2) is 26.1 Å². The molecule has 4 nitrogen and oxygen atoms in total. The Morgan fingerprint density at radius 2 is 2.00 bits per heavy atom. The van der Waals surface area contributed by atoms with Gasteiger partial charge in [0, 0.05) is 17.5 Å². The second-order valence-electron chi connectivity index (χ2n) is 5.86. The molecule has 0 unspecified atom stereocenters. The molecule has 1 aromatic carbocycles. The van der Waals surface area contributed by atoms with E-state index in [-0.39, 0.29) is 11.7 Å². The van der Waals surface area contributed by atoms with Crippen molar-refractivity contribution in [1.82, 2.24) is 0 Å². The van der Waals surface area contributed by atoms with Crippen LogP contribution in [-0.2, 0) is 14.6 Å². The molecule has 1 aliphatic heterocycles. The summed E-state index contributed by atoms with van der Waals surface area (Å²) in [5, 5.41) is 1.22. The number of nitrogens with zero attached hydrogens (tertiary/aromatic N) is 1. The molecular formula is C17H23NO3S. The molecule has 0 fully saturated rings. The van der Waals surface area contributed by atoms with Gasteiger partial charge in [-0.25, -0.2) is 8.42 Å². The predicted molar refractivity (Wildman–Crippen MR) is 89.6 cm³/mol. The summed E-state index contributed by atoms with van der Waals surface area (Å²) in [6.07, 6.45) is 3.80. The van der Waals surface area contributed by atoms with Crippen LogP contribution in [0.25, 0.3) is 0 Å². The van der Waals surface area contributed by atoms with Crippen LogP contribution in [0.5, 0.6) is 0 Å². The summed E-state index contributed by atoms with van der Waals surface area (Å²) in [6.45, 7) is 6.05. The number of benzene rings is 1. The van der Waals surface area contributed by atoms with E-state index < -0.39 is 15.9 Å². The SMILES string of the molecule is CCCCC(=O)N(c1ccc(C)c(C)c1)[C@@H]1C=CS(=O)(=O)C1.